The molecule has 6 heteroatoms. The number of rotatable bonds is 4. The van der Waals surface area contributed by atoms with Crippen molar-refractivity contribution < 1.29 is 19.1 Å². The molecule has 6 nitrogen and oxygen atoms in total. The minimum Gasteiger partial charge on any atom is -0.493 e. The number of nitrogens with one attached hydrogen (secondary N) is 2. The Balaban J connectivity index is 1.41. The summed E-state index contributed by atoms with van der Waals surface area (Å²) in [6.45, 7) is 0.524. The average molecular weight is 364 g/mol. The van der Waals surface area contributed by atoms with Gasteiger partial charge in [0.2, 0.25) is 17.7 Å². The third-order valence-electron chi connectivity index (χ3n) is 5.04. The fourth-order valence-corrected chi connectivity index (χ4v) is 3.62. The zero-order valence-corrected chi connectivity index (χ0v) is 14.7. The second kappa shape index (κ2) is 7.23. The molecule has 0 spiro atoms. The summed E-state index contributed by atoms with van der Waals surface area (Å²) < 4.78 is 5.61. The normalized spacial score (nSPS) is 21.2. The van der Waals surface area contributed by atoms with E-state index in [9.17, 15) is 14.4 Å². The molecule has 2 aliphatic rings. The molecule has 1 fully saturated rings. The molecule has 2 aromatic rings. The minimum atomic E-state index is -0.309. The van der Waals surface area contributed by atoms with Gasteiger partial charge in [-0.2, -0.15) is 0 Å². The number of benzene rings is 2. The Kier molecular flexibility index (Phi) is 4.62. The number of para-hydroxylation sites is 1. The Morgan fingerprint density at radius 2 is 1.89 bits per heavy atom. The van der Waals surface area contributed by atoms with E-state index in [1.54, 1.807) is 0 Å². The van der Waals surface area contributed by atoms with Crippen LogP contribution in [0.15, 0.2) is 48.5 Å². The van der Waals surface area contributed by atoms with Gasteiger partial charge in [-0.3, -0.25) is 19.7 Å². The van der Waals surface area contributed by atoms with Crippen molar-refractivity contribution in [3.05, 3.63) is 59.7 Å². The fraction of sp³-hybridized carbons (Fsp3) is 0.286. The molecule has 2 heterocycles. The quantitative estimate of drug-likeness (QED) is 0.816. The minimum absolute atomic E-state index is 0.0562. The van der Waals surface area contributed by atoms with Crippen LogP contribution in [0.3, 0.4) is 0 Å². The van der Waals surface area contributed by atoms with Crippen molar-refractivity contribution in [3.8, 4) is 5.75 Å². The summed E-state index contributed by atoms with van der Waals surface area (Å²) in [6.07, 6.45) is 1.39. The molecule has 138 valence electrons. The van der Waals surface area contributed by atoms with Gasteiger partial charge in [-0.25, -0.2) is 0 Å². The summed E-state index contributed by atoms with van der Waals surface area (Å²) in [4.78, 5) is 35.7. The highest BCUT2D eigenvalue weighted by Crippen LogP contribution is 2.34. The van der Waals surface area contributed by atoms with Gasteiger partial charge in [0.25, 0.3) is 0 Å². The highest BCUT2D eigenvalue weighted by atomic mass is 16.5. The first-order chi connectivity index (χ1) is 13.1. The summed E-state index contributed by atoms with van der Waals surface area (Å²) in [6, 6.07) is 15.0. The number of carbonyl (C=O) groups is 3. The van der Waals surface area contributed by atoms with Crippen LogP contribution in [0, 0.1) is 5.92 Å². The van der Waals surface area contributed by atoms with Crippen LogP contribution in [0.5, 0.6) is 5.75 Å². The number of fused-ring (bicyclic) bond motifs is 1. The van der Waals surface area contributed by atoms with Crippen LogP contribution in [0.4, 0.5) is 5.69 Å². The van der Waals surface area contributed by atoms with Gasteiger partial charge in [0.15, 0.2) is 0 Å². The van der Waals surface area contributed by atoms with Crippen LogP contribution in [0.1, 0.15) is 29.9 Å². The van der Waals surface area contributed by atoms with Crippen molar-refractivity contribution in [2.45, 2.75) is 25.2 Å². The van der Waals surface area contributed by atoms with E-state index in [1.807, 2.05) is 48.5 Å². The maximum atomic E-state index is 12.7. The van der Waals surface area contributed by atoms with Crippen LogP contribution in [-0.4, -0.2) is 24.3 Å². The van der Waals surface area contributed by atoms with E-state index in [4.69, 9.17) is 4.74 Å². The molecule has 1 saturated heterocycles. The molecule has 2 N–H and O–H groups in total. The highest BCUT2D eigenvalue weighted by Gasteiger charge is 2.30. The first-order valence-electron chi connectivity index (χ1n) is 9.05. The van der Waals surface area contributed by atoms with Gasteiger partial charge in [0, 0.05) is 17.7 Å². The van der Waals surface area contributed by atoms with Gasteiger partial charge in [0.1, 0.15) is 5.75 Å². The van der Waals surface area contributed by atoms with E-state index in [0.29, 0.717) is 25.1 Å². The second-order valence-corrected chi connectivity index (χ2v) is 6.93. The van der Waals surface area contributed by atoms with Crippen molar-refractivity contribution in [1.29, 1.82) is 0 Å². The van der Waals surface area contributed by atoms with Crippen LogP contribution in [-0.2, 0) is 20.8 Å². The lowest BCUT2D eigenvalue weighted by Crippen LogP contribution is -2.26. The molecule has 0 saturated carbocycles. The Labute approximate surface area is 156 Å². The van der Waals surface area contributed by atoms with E-state index in [1.165, 1.54) is 0 Å². The second-order valence-electron chi connectivity index (χ2n) is 6.93. The van der Waals surface area contributed by atoms with Gasteiger partial charge < -0.3 is 10.1 Å². The van der Waals surface area contributed by atoms with E-state index in [2.05, 4.69) is 10.6 Å². The molecular weight excluding hydrogens is 344 g/mol. The first kappa shape index (κ1) is 17.3. The van der Waals surface area contributed by atoms with Crippen molar-refractivity contribution in [2.75, 3.05) is 11.9 Å². The Morgan fingerprint density at radius 1 is 1.11 bits per heavy atom. The Hall–Kier alpha value is -3.15. The van der Waals surface area contributed by atoms with Gasteiger partial charge in [-0.15, -0.1) is 0 Å². The maximum Gasteiger partial charge on any atom is 0.232 e. The van der Waals surface area contributed by atoms with Crippen molar-refractivity contribution in [3.63, 3.8) is 0 Å². The lowest BCUT2D eigenvalue weighted by Gasteiger charge is -2.25. The number of hydrogen-bond acceptors (Lipinski definition) is 4. The summed E-state index contributed by atoms with van der Waals surface area (Å²) >= 11 is 0. The molecule has 3 amide bonds. The Morgan fingerprint density at radius 3 is 2.63 bits per heavy atom. The average Bonchev–Trinajstić information content (AvgIpc) is 2.99. The maximum absolute atomic E-state index is 12.7. The summed E-state index contributed by atoms with van der Waals surface area (Å²) in [5.41, 5.74) is 2.58. The largest absolute Gasteiger partial charge is 0.493 e. The molecule has 0 radical (unpaired) electrons. The third kappa shape index (κ3) is 3.69. The lowest BCUT2D eigenvalue weighted by molar-refractivity contribution is -0.125. The fourth-order valence-electron chi connectivity index (χ4n) is 3.62. The molecular formula is C21H20N2O4. The van der Waals surface area contributed by atoms with Gasteiger partial charge in [-0.05, 0) is 36.6 Å². The predicted molar refractivity (Wildman–Crippen MR) is 99.3 cm³/mol. The summed E-state index contributed by atoms with van der Waals surface area (Å²) in [7, 11) is 0. The first-order valence-corrected chi connectivity index (χ1v) is 9.05. The van der Waals surface area contributed by atoms with Crippen LogP contribution in [0.2, 0.25) is 0 Å². The van der Waals surface area contributed by atoms with E-state index in [-0.39, 0.29) is 36.0 Å². The van der Waals surface area contributed by atoms with Gasteiger partial charge in [0.05, 0.1) is 18.4 Å². The van der Waals surface area contributed by atoms with Crippen LogP contribution >= 0.6 is 0 Å². The topological polar surface area (TPSA) is 84.5 Å². The van der Waals surface area contributed by atoms with Gasteiger partial charge in [-0.1, -0.05) is 30.3 Å². The van der Waals surface area contributed by atoms with Crippen molar-refractivity contribution in [2.24, 2.45) is 5.92 Å². The van der Waals surface area contributed by atoms with Crippen molar-refractivity contribution in [1.82, 2.24) is 5.32 Å². The Bertz CT molecular complexity index is 891. The molecule has 0 aromatic heterocycles. The third-order valence-corrected chi connectivity index (χ3v) is 5.04. The molecule has 2 aromatic carbocycles. The predicted octanol–water partition coefficient (Wildman–Crippen LogP) is 2.40. The molecule has 2 unspecified atom stereocenters. The van der Waals surface area contributed by atoms with Gasteiger partial charge >= 0.3 is 0 Å². The molecule has 4 rings (SSSR count). The van der Waals surface area contributed by atoms with E-state index in [0.717, 1.165) is 16.9 Å². The standard InChI is InChI=1S/C21H20N2O4/c24-19-12-14(20(25)23-19)11-13-5-7-15(8-6-13)22-21(26)17-9-10-27-18-4-2-1-3-16(17)18/h1-8,14,17H,9-12H2,(H,22,26)(H,23,24,25). The SMILES string of the molecule is O=C1CC(Cc2ccc(NC(=O)C3CCOc4ccccc43)cc2)C(=O)N1. The zero-order valence-electron chi connectivity index (χ0n) is 14.7. The number of hydrogen-bond donors (Lipinski definition) is 2. The van der Waals surface area contributed by atoms with E-state index < -0.39 is 0 Å². The molecule has 2 atom stereocenters. The molecule has 0 aliphatic carbocycles. The highest BCUT2D eigenvalue weighted by molar-refractivity contribution is 6.03. The molecule has 27 heavy (non-hydrogen) atoms. The van der Waals surface area contributed by atoms with Crippen LogP contribution < -0.4 is 15.4 Å². The number of amides is 3. The lowest BCUT2D eigenvalue weighted by atomic mass is 9.92. The monoisotopic (exact) mass is 364 g/mol. The summed E-state index contributed by atoms with van der Waals surface area (Å²) in [5, 5.41) is 5.29. The van der Waals surface area contributed by atoms with Crippen molar-refractivity contribution >= 4 is 23.4 Å². The number of anilines is 1. The summed E-state index contributed by atoms with van der Waals surface area (Å²) in [5.74, 6) is -0.261. The van der Waals surface area contributed by atoms with E-state index >= 15 is 0 Å². The number of imide groups is 1. The zero-order chi connectivity index (χ0) is 18.8. The number of carbonyl (C=O) groups excluding carboxylic acids is 3. The number of ether oxygens (including phenoxy) is 1. The van der Waals surface area contributed by atoms with Crippen LogP contribution in [0.25, 0.3) is 0 Å². The molecule has 2 aliphatic heterocycles. The molecule has 0 bridgehead atoms. The smallest absolute Gasteiger partial charge is 0.232 e.